The lowest BCUT2D eigenvalue weighted by atomic mass is 10.2. The Labute approximate surface area is 172 Å². The van der Waals surface area contributed by atoms with E-state index in [9.17, 15) is 9.18 Å². The van der Waals surface area contributed by atoms with Gasteiger partial charge in [0.25, 0.3) is 0 Å². The molecule has 2 aliphatic heterocycles. The predicted molar refractivity (Wildman–Crippen MR) is 110 cm³/mol. The molecule has 0 unspecified atom stereocenters. The van der Waals surface area contributed by atoms with E-state index in [0.717, 1.165) is 36.4 Å². The molecule has 11 heteroatoms. The van der Waals surface area contributed by atoms with Gasteiger partial charge in [-0.3, -0.25) is 9.78 Å². The Morgan fingerprint density at radius 2 is 2.00 bits per heavy atom. The molecular weight excluding hydrogens is 389 g/mol. The van der Waals surface area contributed by atoms with Crippen molar-refractivity contribution in [3.8, 4) is 0 Å². The minimum atomic E-state index is -0.782. The molecule has 5 heterocycles. The SMILES string of the molecule is Cc1ncc(C)n2nc(/C=C/c3nc(N4CC(F)C4)nn3C)nc12.O=C1CCCN1. The zero-order valence-electron chi connectivity index (χ0n) is 17.2. The minimum absolute atomic E-state index is 0.204. The van der Waals surface area contributed by atoms with Crippen LogP contribution in [0.4, 0.5) is 10.3 Å². The molecule has 0 atom stereocenters. The fourth-order valence-electron chi connectivity index (χ4n) is 3.15. The summed E-state index contributed by atoms with van der Waals surface area (Å²) in [5.74, 6) is 1.99. The molecule has 2 fully saturated rings. The van der Waals surface area contributed by atoms with Gasteiger partial charge >= 0.3 is 0 Å². The number of amides is 1. The number of hydrogen-bond donors (Lipinski definition) is 1. The van der Waals surface area contributed by atoms with E-state index in [2.05, 4.69) is 30.5 Å². The van der Waals surface area contributed by atoms with Gasteiger partial charge in [-0.25, -0.2) is 18.6 Å². The maximum Gasteiger partial charge on any atom is 0.245 e. The molecule has 0 radical (unpaired) electrons. The van der Waals surface area contributed by atoms with Crippen LogP contribution in [-0.2, 0) is 11.8 Å². The maximum absolute atomic E-state index is 13.0. The van der Waals surface area contributed by atoms with E-state index in [1.54, 1.807) is 34.6 Å². The van der Waals surface area contributed by atoms with Crippen molar-refractivity contribution in [3.63, 3.8) is 0 Å². The molecule has 2 saturated heterocycles. The fourth-order valence-corrected chi connectivity index (χ4v) is 3.15. The number of rotatable bonds is 3. The molecule has 0 spiro atoms. The molecule has 0 aliphatic carbocycles. The van der Waals surface area contributed by atoms with Gasteiger partial charge in [0, 0.05) is 26.2 Å². The van der Waals surface area contributed by atoms with Crippen LogP contribution in [0.15, 0.2) is 6.20 Å². The summed E-state index contributed by atoms with van der Waals surface area (Å²) in [6.07, 6.45) is 6.34. The van der Waals surface area contributed by atoms with Crippen LogP contribution in [-0.4, -0.2) is 66.1 Å². The van der Waals surface area contributed by atoms with E-state index in [4.69, 9.17) is 0 Å². The van der Waals surface area contributed by atoms with Gasteiger partial charge in [-0.1, -0.05) is 0 Å². The lowest BCUT2D eigenvalue weighted by Gasteiger charge is -2.33. The van der Waals surface area contributed by atoms with Crippen molar-refractivity contribution in [1.82, 2.24) is 39.7 Å². The third-order valence-corrected chi connectivity index (χ3v) is 4.92. The lowest BCUT2D eigenvalue weighted by Crippen LogP contribution is -2.49. The number of carbonyl (C=O) groups is 1. The number of carbonyl (C=O) groups excluding carboxylic acids is 1. The molecule has 0 aromatic carbocycles. The smallest absolute Gasteiger partial charge is 0.245 e. The third kappa shape index (κ3) is 4.14. The van der Waals surface area contributed by atoms with Crippen LogP contribution in [0.5, 0.6) is 0 Å². The van der Waals surface area contributed by atoms with Gasteiger partial charge in [0.05, 0.1) is 24.5 Å². The molecular formula is C19H24FN9O. The number of halogens is 1. The van der Waals surface area contributed by atoms with Crippen molar-refractivity contribution in [1.29, 1.82) is 0 Å². The number of aromatic nitrogens is 7. The van der Waals surface area contributed by atoms with Crippen LogP contribution in [0, 0.1) is 13.8 Å². The van der Waals surface area contributed by atoms with Gasteiger partial charge < -0.3 is 10.2 Å². The van der Waals surface area contributed by atoms with E-state index >= 15 is 0 Å². The highest BCUT2D eigenvalue weighted by Gasteiger charge is 2.29. The van der Waals surface area contributed by atoms with Gasteiger partial charge in [0.1, 0.15) is 6.17 Å². The normalized spacial score (nSPS) is 16.7. The highest BCUT2D eigenvalue weighted by atomic mass is 19.1. The first-order valence-electron chi connectivity index (χ1n) is 9.84. The first kappa shape index (κ1) is 19.9. The molecule has 1 N–H and O–H groups in total. The molecule has 5 rings (SSSR count). The van der Waals surface area contributed by atoms with Crippen molar-refractivity contribution in [2.75, 3.05) is 24.5 Å². The largest absolute Gasteiger partial charge is 0.356 e. The van der Waals surface area contributed by atoms with Crippen LogP contribution >= 0.6 is 0 Å². The second-order valence-corrected chi connectivity index (χ2v) is 7.37. The molecule has 2 aliphatic rings. The standard InChI is InChI=1S/C15H17FN8.C4H7NO/c1-9-6-17-10(2)14-18-12(20-24(9)14)4-5-13-19-15(21-22(13)3)23-7-11(16)8-23;6-4-2-1-3-5-4/h4-6,11H,7-8H2,1-3H3;1-3H2,(H,5,6)/b5-4+;. The van der Waals surface area contributed by atoms with Crippen LogP contribution < -0.4 is 10.2 Å². The van der Waals surface area contributed by atoms with E-state index < -0.39 is 6.17 Å². The predicted octanol–water partition coefficient (Wildman–Crippen LogP) is 1.09. The zero-order valence-corrected chi connectivity index (χ0v) is 17.2. The molecule has 30 heavy (non-hydrogen) atoms. The molecule has 1 amide bonds. The Morgan fingerprint density at radius 3 is 2.60 bits per heavy atom. The molecule has 0 bridgehead atoms. The molecule has 158 valence electrons. The van der Waals surface area contributed by atoms with Crippen LogP contribution in [0.1, 0.15) is 35.9 Å². The number of nitrogens with one attached hydrogen (secondary N) is 1. The van der Waals surface area contributed by atoms with Crippen molar-refractivity contribution in [3.05, 3.63) is 29.2 Å². The Morgan fingerprint density at radius 1 is 1.20 bits per heavy atom. The first-order chi connectivity index (χ1) is 14.4. The zero-order chi connectivity index (χ0) is 21.3. The summed E-state index contributed by atoms with van der Waals surface area (Å²) in [4.78, 5) is 25.1. The Balaban J connectivity index is 0.000000313. The van der Waals surface area contributed by atoms with Crippen LogP contribution in [0.2, 0.25) is 0 Å². The summed E-state index contributed by atoms with van der Waals surface area (Å²) in [5.41, 5.74) is 2.48. The maximum atomic E-state index is 13.0. The molecule has 3 aromatic rings. The highest BCUT2D eigenvalue weighted by Crippen LogP contribution is 2.19. The summed E-state index contributed by atoms with van der Waals surface area (Å²) < 4.78 is 16.4. The number of nitrogens with zero attached hydrogens (tertiary/aromatic N) is 8. The summed E-state index contributed by atoms with van der Waals surface area (Å²) in [6.45, 7) is 5.43. The first-order valence-corrected chi connectivity index (χ1v) is 9.84. The number of hydrogen-bond acceptors (Lipinski definition) is 7. The molecule has 0 saturated carbocycles. The summed E-state index contributed by atoms with van der Waals surface area (Å²) in [5, 5.41) is 11.4. The third-order valence-electron chi connectivity index (χ3n) is 4.92. The Hall–Kier alpha value is -3.37. The summed E-state index contributed by atoms with van der Waals surface area (Å²) >= 11 is 0. The van der Waals surface area contributed by atoms with Gasteiger partial charge in [-0.15, -0.1) is 10.2 Å². The van der Waals surface area contributed by atoms with Crippen molar-refractivity contribution in [2.24, 2.45) is 7.05 Å². The van der Waals surface area contributed by atoms with E-state index in [0.29, 0.717) is 30.7 Å². The lowest BCUT2D eigenvalue weighted by molar-refractivity contribution is -0.119. The summed E-state index contributed by atoms with van der Waals surface area (Å²) in [7, 11) is 1.80. The number of aryl methyl sites for hydroxylation is 3. The average molecular weight is 413 g/mol. The Bertz CT molecular complexity index is 1050. The van der Waals surface area contributed by atoms with Crippen LogP contribution in [0.3, 0.4) is 0 Å². The monoisotopic (exact) mass is 413 g/mol. The van der Waals surface area contributed by atoms with Gasteiger partial charge in [-0.05, 0) is 32.4 Å². The Kier molecular flexibility index (Phi) is 5.42. The van der Waals surface area contributed by atoms with Crippen molar-refractivity contribution in [2.45, 2.75) is 32.9 Å². The second kappa shape index (κ2) is 8.17. The number of fused-ring (bicyclic) bond motifs is 1. The van der Waals surface area contributed by atoms with Gasteiger partial charge in [0.15, 0.2) is 17.3 Å². The second-order valence-electron chi connectivity index (χ2n) is 7.37. The fraction of sp³-hybridized carbons (Fsp3) is 0.474. The van der Waals surface area contributed by atoms with Gasteiger partial charge in [0.2, 0.25) is 11.9 Å². The topological polar surface area (TPSA) is 106 Å². The summed E-state index contributed by atoms with van der Waals surface area (Å²) in [6, 6.07) is 0. The van der Waals surface area contributed by atoms with E-state index in [1.807, 2.05) is 18.7 Å². The quantitative estimate of drug-likeness (QED) is 0.685. The number of anilines is 1. The van der Waals surface area contributed by atoms with Crippen LogP contribution in [0.25, 0.3) is 17.8 Å². The van der Waals surface area contributed by atoms with Crippen molar-refractivity contribution < 1.29 is 9.18 Å². The van der Waals surface area contributed by atoms with E-state index in [-0.39, 0.29) is 5.91 Å². The molecule has 10 nitrogen and oxygen atoms in total. The molecule has 3 aromatic heterocycles. The number of alkyl halides is 1. The highest BCUT2D eigenvalue weighted by molar-refractivity contribution is 5.77. The minimum Gasteiger partial charge on any atom is -0.356 e. The average Bonchev–Trinajstić information content (AvgIpc) is 3.42. The van der Waals surface area contributed by atoms with Crippen molar-refractivity contribution >= 4 is 29.7 Å². The van der Waals surface area contributed by atoms with E-state index in [1.165, 1.54) is 0 Å². The van der Waals surface area contributed by atoms with Gasteiger partial charge in [-0.2, -0.15) is 4.98 Å².